The Bertz CT molecular complexity index is 512. The predicted octanol–water partition coefficient (Wildman–Crippen LogP) is 3.50. The maximum Gasteiger partial charge on any atom is 0.347 e. The summed E-state index contributed by atoms with van der Waals surface area (Å²) in [6.45, 7) is 0. The molecule has 0 bridgehead atoms. The molecule has 0 saturated carbocycles. The smallest absolute Gasteiger partial charge is 0.347 e. The minimum absolute atomic E-state index is 0.0519. The first-order valence-electron chi connectivity index (χ1n) is 4.19. The Morgan fingerprint density at radius 1 is 1.38 bits per heavy atom. The number of aromatic nitrogens is 1. The number of hydrogen-bond donors (Lipinski definition) is 0. The lowest BCUT2D eigenvalue weighted by Gasteiger charge is -1.99. The SMILES string of the molecule is O=[N+]([O-])c1cnc(Oc2ccc(Cl)cc2)s1. The molecule has 0 amide bonds. The van der Waals surface area contributed by atoms with Crippen LogP contribution in [0.4, 0.5) is 5.00 Å². The van der Waals surface area contributed by atoms with Crippen molar-refractivity contribution in [1.82, 2.24) is 4.98 Å². The molecular formula is C9H5ClN2O3S. The van der Waals surface area contributed by atoms with Gasteiger partial charge >= 0.3 is 5.00 Å². The summed E-state index contributed by atoms with van der Waals surface area (Å²) in [5, 5.41) is 11.2. The molecule has 0 unspecified atom stereocenters. The van der Waals surface area contributed by atoms with Gasteiger partial charge in [0.2, 0.25) is 0 Å². The van der Waals surface area contributed by atoms with E-state index in [0.717, 1.165) is 17.5 Å². The number of benzene rings is 1. The lowest BCUT2D eigenvalue weighted by Crippen LogP contribution is -1.81. The van der Waals surface area contributed by atoms with Crippen LogP contribution < -0.4 is 4.74 Å². The van der Waals surface area contributed by atoms with Crippen LogP contribution in [0.2, 0.25) is 5.02 Å². The fourth-order valence-electron chi connectivity index (χ4n) is 0.985. The van der Waals surface area contributed by atoms with Crippen molar-refractivity contribution >= 4 is 27.9 Å². The van der Waals surface area contributed by atoms with Gasteiger partial charge in [0.25, 0.3) is 5.19 Å². The van der Waals surface area contributed by atoms with Gasteiger partial charge in [0, 0.05) is 5.02 Å². The molecule has 0 radical (unpaired) electrons. The molecule has 0 spiro atoms. The van der Waals surface area contributed by atoms with E-state index in [0.29, 0.717) is 10.8 Å². The largest absolute Gasteiger partial charge is 0.431 e. The number of ether oxygens (including phenoxy) is 1. The molecule has 0 N–H and O–H groups in total. The molecule has 82 valence electrons. The summed E-state index contributed by atoms with van der Waals surface area (Å²) in [5.74, 6) is 0.536. The van der Waals surface area contributed by atoms with Crippen molar-refractivity contribution in [3.05, 3.63) is 45.6 Å². The Morgan fingerprint density at radius 3 is 2.62 bits per heavy atom. The highest BCUT2D eigenvalue weighted by Crippen LogP contribution is 2.31. The Labute approximate surface area is 99.4 Å². The van der Waals surface area contributed by atoms with E-state index in [1.54, 1.807) is 24.3 Å². The molecule has 0 aliphatic carbocycles. The monoisotopic (exact) mass is 256 g/mol. The second-order valence-electron chi connectivity index (χ2n) is 2.78. The van der Waals surface area contributed by atoms with Crippen molar-refractivity contribution in [2.75, 3.05) is 0 Å². The van der Waals surface area contributed by atoms with Gasteiger partial charge in [-0.25, -0.2) is 4.98 Å². The van der Waals surface area contributed by atoms with Gasteiger partial charge in [0.15, 0.2) is 0 Å². The topological polar surface area (TPSA) is 65.3 Å². The number of thiazole rings is 1. The van der Waals surface area contributed by atoms with Gasteiger partial charge in [-0.05, 0) is 35.6 Å². The Kier molecular flexibility index (Phi) is 3.02. The summed E-state index contributed by atoms with van der Waals surface area (Å²) in [6, 6.07) is 6.66. The van der Waals surface area contributed by atoms with E-state index in [4.69, 9.17) is 16.3 Å². The molecule has 0 aliphatic heterocycles. The fraction of sp³-hybridized carbons (Fsp3) is 0. The fourth-order valence-corrected chi connectivity index (χ4v) is 1.71. The maximum absolute atomic E-state index is 10.4. The molecule has 0 saturated heterocycles. The zero-order valence-electron chi connectivity index (χ0n) is 7.79. The average molecular weight is 257 g/mol. The second-order valence-corrected chi connectivity index (χ2v) is 4.19. The van der Waals surface area contributed by atoms with E-state index < -0.39 is 4.92 Å². The van der Waals surface area contributed by atoms with Gasteiger partial charge in [-0.2, -0.15) is 0 Å². The average Bonchev–Trinajstić information content (AvgIpc) is 2.70. The molecular weight excluding hydrogens is 252 g/mol. The van der Waals surface area contributed by atoms with Gasteiger partial charge in [-0.15, -0.1) is 0 Å². The van der Waals surface area contributed by atoms with Crippen LogP contribution >= 0.6 is 22.9 Å². The van der Waals surface area contributed by atoms with Crippen molar-refractivity contribution < 1.29 is 9.66 Å². The van der Waals surface area contributed by atoms with Crippen LogP contribution in [0.1, 0.15) is 0 Å². The van der Waals surface area contributed by atoms with Gasteiger partial charge in [0.1, 0.15) is 11.9 Å². The highest BCUT2D eigenvalue weighted by atomic mass is 35.5. The first-order valence-corrected chi connectivity index (χ1v) is 5.38. The number of halogens is 1. The standard InChI is InChI=1S/C9H5ClN2O3S/c10-6-1-3-7(4-2-6)15-9-11-5-8(16-9)12(13)14/h1-5H. The molecule has 16 heavy (non-hydrogen) atoms. The summed E-state index contributed by atoms with van der Waals surface area (Å²) < 4.78 is 5.31. The number of hydrogen-bond acceptors (Lipinski definition) is 5. The molecule has 0 fully saturated rings. The molecule has 2 rings (SSSR count). The Balaban J connectivity index is 2.14. The maximum atomic E-state index is 10.4. The van der Waals surface area contributed by atoms with Crippen molar-refractivity contribution in [3.63, 3.8) is 0 Å². The zero-order valence-corrected chi connectivity index (χ0v) is 9.36. The third-order valence-electron chi connectivity index (χ3n) is 1.67. The van der Waals surface area contributed by atoms with E-state index in [1.807, 2.05) is 0 Å². The van der Waals surface area contributed by atoms with Crippen molar-refractivity contribution in [2.45, 2.75) is 0 Å². The highest BCUT2D eigenvalue weighted by molar-refractivity contribution is 7.16. The van der Waals surface area contributed by atoms with Crippen LogP contribution in [0.3, 0.4) is 0 Å². The third kappa shape index (κ3) is 2.47. The summed E-state index contributed by atoms with van der Waals surface area (Å²) in [5.41, 5.74) is 0. The second kappa shape index (κ2) is 4.46. The molecule has 2 aromatic rings. The van der Waals surface area contributed by atoms with Gasteiger partial charge in [-0.1, -0.05) is 11.6 Å². The minimum Gasteiger partial charge on any atom is -0.431 e. The van der Waals surface area contributed by atoms with Crippen LogP contribution in [0.25, 0.3) is 0 Å². The predicted molar refractivity (Wildman–Crippen MR) is 60.3 cm³/mol. The molecule has 1 aromatic carbocycles. The number of rotatable bonds is 3. The van der Waals surface area contributed by atoms with Gasteiger partial charge < -0.3 is 4.74 Å². The normalized spacial score (nSPS) is 10.1. The zero-order chi connectivity index (χ0) is 11.5. The summed E-state index contributed by atoms with van der Waals surface area (Å²) >= 11 is 6.58. The van der Waals surface area contributed by atoms with E-state index in [1.165, 1.54) is 0 Å². The molecule has 7 heteroatoms. The van der Waals surface area contributed by atoms with Crippen LogP contribution in [-0.2, 0) is 0 Å². The molecule has 1 aromatic heterocycles. The van der Waals surface area contributed by atoms with Crippen molar-refractivity contribution in [3.8, 4) is 10.9 Å². The third-order valence-corrected chi connectivity index (χ3v) is 2.75. The minimum atomic E-state index is -0.508. The van der Waals surface area contributed by atoms with Crippen molar-refractivity contribution in [2.24, 2.45) is 0 Å². The van der Waals surface area contributed by atoms with E-state index >= 15 is 0 Å². The molecule has 5 nitrogen and oxygen atoms in total. The Hall–Kier alpha value is -1.66. The summed E-state index contributed by atoms with van der Waals surface area (Å²) in [6.07, 6.45) is 1.16. The Morgan fingerprint density at radius 2 is 2.06 bits per heavy atom. The van der Waals surface area contributed by atoms with Crippen molar-refractivity contribution in [1.29, 1.82) is 0 Å². The van der Waals surface area contributed by atoms with Crippen LogP contribution in [-0.4, -0.2) is 9.91 Å². The molecule has 0 atom stereocenters. The lowest BCUT2D eigenvalue weighted by molar-refractivity contribution is -0.380. The van der Waals surface area contributed by atoms with E-state index in [-0.39, 0.29) is 10.2 Å². The van der Waals surface area contributed by atoms with Crippen LogP contribution in [0.5, 0.6) is 10.9 Å². The first-order chi connectivity index (χ1) is 7.65. The van der Waals surface area contributed by atoms with E-state index in [2.05, 4.69) is 4.98 Å². The van der Waals surface area contributed by atoms with Gasteiger partial charge in [0.05, 0.1) is 4.92 Å². The lowest BCUT2D eigenvalue weighted by atomic mass is 10.3. The summed E-state index contributed by atoms with van der Waals surface area (Å²) in [7, 11) is 0. The molecule has 0 aliphatic rings. The van der Waals surface area contributed by atoms with Crippen LogP contribution in [0.15, 0.2) is 30.5 Å². The van der Waals surface area contributed by atoms with E-state index in [9.17, 15) is 10.1 Å². The quantitative estimate of drug-likeness (QED) is 0.623. The first kappa shape index (κ1) is 10.8. The molecule has 1 heterocycles. The summed E-state index contributed by atoms with van der Waals surface area (Å²) in [4.78, 5) is 13.7. The highest BCUT2D eigenvalue weighted by Gasteiger charge is 2.12. The number of nitro groups is 1. The van der Waals surface area contributed by atoms with Crippen LogP contribution in [0, 0.1) is 10.1 Å². The number of nitrogens with zero attached hydrogens (tertiary/aromatic N) is 2. The van der Waals surface area contributed by atoms with Gasteiger partial charge in [-0.3, -0.25) is 10.1 Å².